The average Bonchev–Trinajstić information content (AvgIpc) is 3.04. The minimum Gasteiger partial charge on any atom is -0.356 e. The Labute approximate surface area is 148 Å². The summed E-state index contributed by atoms with van der Waals surface area (Å²) < 4.78 is 2.03. The van der Waals surface area contributed by atoms with E-state index < -0.39 is 0 Å². The Balaban J connectivity index is 1.44. The lowest BCUT2D eigenvalue weighted by Crippen LogP contribution is -2.37. The van der Waals surface area contributed by atoms with Crippen molar-refractivity contribution in [2.75, 3.05) is 13.6 Å². The van der Waals surface area contributed by atoms with Gasteiger partial charge in [0, 0.05) is 32.8 Å². The van der Waals surface area contributed by atoms with Gasteiger partial charge in [0.15, 0.2) is 11.6 Å². The number of rotatable bonds is 6. The van der Waals surface area contributed by atoms with Crippen LogP contribution in [0.4, 0.5) is 0 Å². The zero-order valence-electron chi connectivity index (χ0n) is 14.7. The third-order valence-electron chi connectivity index (χ3n) is 4.02. The number of aryl methyl sites for hydroxylation is 2. The van der Waals surface area contributed by atoms with Crippen molar-refractivity contribution >= 4 is 11.6 Å². The van der Waals surface area contributed by atoms with Gasteiger partial charge in [0.05, 0.1) is 0 Å². The van der Waals surface area contributed by atoms with Gasteiger partial charge in [-0.25, -0.2) is 0 Å². The SMILES string of the molecule is CN=C(NCCCc1nnc2ccccn12)NCc1cccc(C)c1. The molecule has 0 spiro atoms. The average molecular weight is 336 g/mol. The van der Waals surface area contributed by atoms with E-state index in [-0.39, 0.29) is 0 Å². The standard InChI is InChI=1S/C19H24N6/c1-15-7-5-8-16(13-15)14-22-19(20-2)21-11-6-10-18-24-23-17-9-3-4-12-25(17)18/h3-5,7-9,12-13H,6,10-11,14H2,1-2H3,(H2,20,21,22). The summed E-state index contributed by atoms with van der Waals surface area (Å²) in [5.41, 5.74) is 3.40. The Bertz CT molecular complexity index is 852. The molecule has 2 N–H and O–H groups in total. The maximum atomic E-state index is 4.27. The molecule has 0 aliphatic carbocycles. The summed E-state index contributed by atoms with van der Waals surface area (Å²) in [6.45, 7) is 3.69. The fourth-order valence-corrected chi connectivity index (χ4v) is 2.74. The first-order valence-electron chi connectivity index (χ1n) is 8.55. The number of fused-ring (bicyclic) bond motifs is 1. The van der Waals surface area contributed by atoms with Crippen molar-refractivity contribution in [3.63, 3.8) is 0 Å². The number of nitrogens with zero attached hydrogens (tertiary/aromatic N) is 4. The highest BCUT2D eigenvalue weighted by molar-refractivity contribution is 5.79. The van der Waals surface area contributed by atoms with Gasteiger partial charge in [-0.1, -0.05) is 35.9 Å². The second-order valence-corrected chi connectivity index (χ2v) is 5.99. The van der Waals surface area contributed by atoms with Crippen molar-refractivity contribution in [3.05, 3.63) is 65.6 Å². The summed E-state index contributed by atoms with van der Waals surface area (Å²) in [5.74, 6) is 1.80. The topological polar surface area (TPSA) is 66.6 Å². The second kappa shape index (κ2) is 8.28. The van der Waals surface area contributed by atoms with Gasteiger partial charge >= 0.3 is 0 Å². The van der Waals surface area contributed by atoms with Gasteiger partial charge < -0.3 is 10.6 Å². The number of aliphatic imine (C=N–C) groups is 1. The summed E-state index contributed by atoms with van der Waals surface area (Å²) >= 11 is 0. The Morgan fingerprint density at radius 2 is 2.04 bits per heavy atom. The van der Waals surface area contributed by atoms with Gasteiger partial charge in [-0.3, -0.25) is 9.39 Å². The van der Waals surface area contributed by atoms with Crippen LogP contribution in [0, 0.1) is 6.92 Å². The molecule has 130 valence electrons. The van der Waals surface area contributed by atoms with Crippen LogP contribution in [-0.2, 0) is 13.0 Å². The predicted molar refractivity (Wildman–Crippen MR) is 101 cm³/mol. The molecule has 0 radical (unpaired) electrons. The van der Waals surface area contributed by atoms with E-state index in [4.69, 9.17) is 0 Å². The highest BCUT2D eigenvalue weighted by Gasteiger charge is 2.04. The molecular weight excluding hydrogens is 312 g/mol. The fraction of sp³-hybridized carbons (Fsp3) is 0.316. The first-order valence-corrected chi connectivity index (χ1v) is 8.55. The minimum absolute atomic E-state index is 0.760. The van der Waals surface area contributed by atoms with Gasteiger partial charge in [0.1, 0.15) is 5.82 Å². The summed E-state index contributed by atoms with van der Waals surface area (Å²) in [4.78, 5) is 4.27. The minimum atomic E-state index is 0.760. The first kappa shape index (κ1) is 17.0. The molecule has 3 aromatic rings. The van der Waals surface area contributed by atoms with E-state index >= 15 is 0 Å². The van der Waals surface area contributed by atoms with Crippen LogP contribution in [0.1, 0.15) is 23.4 Å². The van der Waals surface area contributed by atoms with Crippen molar-refractivity contribution in [1.29, 1.82) is 0 Å². The van der Waals surface area contributed by atoms with Crippen molar-refractivity contribution in [3.8, 4) is 0 Å². The van der Waals surface area contributed by atoms with Crippen LogP contribution in [-0.4, -0.2) is 34.2 Å². The van der Waals surface area contributed by atoms with Crippen LogP contribution >= 0.6 is 0 Å². The molecule has 25 heavy (non-hydrogen) atoms. The number of guanidine groups is 1. The molecule has 0 aliphatic rings. The largest absolute Gasteiger partial charge is 0.356 e. The van der Waals surface area contributed by atoms with E-state index in [9.17, 15) is 0 Å². The van der Waals surface area contributed by atoms with Gasteiger partial charge in [0.25, 0.3) is 0 Å². The highest BCUT2D eigenvalue weighted by Crippen LogP contribution is 2.05. The van der Waals surface area contributed by atoms with Crippen LogP contribution in [0.25, 0.3) is 5.65 Å². The van der Waals surface area contributed by atoms with Crippen LogP contribution in [0.15, 0.2) is 53.7 Å². The lowest BCUT2D eigenvalue weighted by atomic mass is 10.1. The van der Waals surface area contributed by atoms with Gasteiger partial charge in [-0.05, 0) is 31.0 Å². The fourth-order valence-electron chi connectivity index (χ4n) is 2.74. The van der Waals surface area contributed by atoms with Gasteiger partial charge in [0.2, 0.25) is 0 Å². The summed E-state index contributed by atoms with van der Waals surface area (Å²) in [5, 5.41) is 15.1. The quantitative estimate of drug-likeness (QED) is 0.412. The third-order valence-corrected chi connectivity index (χ3v) is 4.02. The van der Waals surface area contributed by atoms with Crippen molar-refractivity contribution < 1.29 is 0 Å². The molecule has 6 heteroatoms. The first-order chi connectivity index (χ1) is 12.3. The Kier molecular flexibility index (Phi) is 5.61. The zero-order valence-corrected chi connectivity index (χ0v) is 14.7. The molecule has 0 fully saturated rings. The van der Waals surface area contributed by atoms with E-state index in [0.717, 1.165) is 43.4 Å². The van der Waals surface area contributed by atoms with E-state index in [1.165, 1.54) is 11.1 Å². The van der Waals surface area contributed by atoms with Crippen LogP contribution in [0.5, 0.6) is 0 Å². The molecule has 1 aromatic carbocycles. The molecule has 0 bridgehead atoms. The third kappa shape index (κ3) is 4.56. The van der Waals surface area contributed by atoms with Crippen molar-refractivity contribution in [1.82, 2.24) is 25.2 Å². The van der Waals surface area contributed by atoms with E-state index in [2.05, 4.69) is 57.0 Å². The van der Waals surface area contributed by atoms with Crippen LogP contribution in [0.3, 0.4) is 0 Å². The molecule has 0 saturated heterocycles. The Morgan fingerprint density at radius 1 is 1.12 bits per heavy atom. The van der Waals surface area contributed by atoms with E-state index in [0.29, 0.717) is 0 Å². The molecule has 0 aliphatic heterocycles. The second-order valence-electron chi connectivity index (χ2n) is 5.99. The summed E-state index contributed by atoms with van der Waals surface area (Å²) in [6, 6.07) is 14.4. The van der Waals surface area contributed by atoms with Gasteiger partial charge in [-0.15, -0.1) is 10.2 Å². The van der Waals surface area contributed by atoms with Crippen LogP contribution in [0.2, 0.25) is 0 Å². The van der Waals surface area contributed by atoms with Gasteiger partial charge in [-0.2, -0.15) is 0 Å². The number of hydrogen-bond acceptors (Lipinski definition) is 3. The number of hydrogen-bond donors (Lipinski definition) is 2. The maximum Gasteiger partial charge on any atom is 0.191 e. The van der Waals surface area contributed by atoms with E-state index in [1.54, 1.807) is 7.05 Å². The summed E-state index contributed by atoms with van der Waals surface area (Å²) in [6.07, 6.45) is 3.83. The zero-order chi connectivity index (χ0) is 17.5. The number of nitrogens with one attached hydrogen (secondary N) is 2. The van der Waals surface area contributed by atoms with Crippen molar-refractivity contribution in [2.24, 2.45) is 4.99 Å². The smallest absolute Gasteiger partial charge is 0.191 e. The van der Waals surface area contributed by atoms with Crippen LogP contribution < -0.4 is 10.6 Å². The predicted octanol–water partition coefficient (Wildman–Crippen LogP) is 2.34. The number of pyridine rings is 1. The molecule has 6 nitrogen and oxygen atoms in total. The summed E-state index contributed by atoms with van der Waals surface area (Å²) in [7, 11) is 1.79. The molecule has 0 amide bonds. The highest BCUT2D eigenvalue weighted by atomic mass is 15.2. The normalized spacial score (nSPS) is 11.7. The number of aromatic nitrogens is 3. The molecule has 0 unspecified atom stereocenters. The lowest BCUT2D eigenvalue weighted by molar-refractivity contribution is 0.714. The lowest BCUT2D eigenvalue weighted by Gasteiger charge is -2.12. The monoisotopic (exact) mass is 336 g/mol. The number of benzene rings is 1. The molecule has 3 rings (SSSR count). The van der Waals surface area contributed by atoms with Crippen molar-refractivity contribution in [2.45, 2.75) is 26.3 Å². The molecule has 0 saturated carbocycles. The molecule has 2 aromatic heterocycles. The molecule has 2 heterocycles. The Morgan fingerprint density at radius 3 is 2.88 bits per heavy atom. The molecule has 0 atom stereocenters. The molecular formula is C19H24N6. The Hall–Kier alpha value is -2.89. The van der Waals surface area contributed by atoms with E-state index in [1.807, 2.05) is 28.8 Å². The maximum absolute atomic E-state index is 4.27.